The van der Waals surface area contributed by atoms with Crippen molar-refractivity contribution in [2.45, 2.75) is 25.8 Å². The standard InChI is InChI=1S/C12H16BrN3O2/c1-8(11-14-5-10(13)6-15-11)16-12(17)9-3-2-4-18-7-9/h5-6,8-9H,2-4,7H2,1H3,(H,16,17). The fraction of sp³-hybridized carbons (Fsp3) is 0.583. The number of nitrogens with one attached hydrogen (secondary N) is 1. The maximum atomic E-state index is 12.0. The summed E-state index contributed by atoms with van der Waals surface area (Å²) in [6, 6.07) is -0.187. The molecule has 1 aliphatic rings. The Morgan fingerprint density at radius 2 is 2.28 bits per heavy atom. The molecule has 1 aromatic rings. The SMILES string of the molecule is CC(NC(=O)C1CCCOC1)c1ncc(Br)cn1. The molecule has 18 heavy (non-hydrogen) atoms. The number of amides is 1. The second-order valence-electron chi connectivity index (χ2n) is 4.40. The predicted octanol–water partition coefficient (Wildman–Crippen LogP) is 1.84. The van der Waals surface area contributed by atoms with Crippen LogP contribution in [0.4, 0.5) is 0 Å². The number of carbonyl (C=O) groups excluding carboxylic acids is 1. The van der Waals surface area contributed by atoms with E-state index in [9.17, 15) is 4.79 Å². The Balaban J connectivity index is 1.91. The predicted molar refractivity (Wildman–Crippen MR) is 69.8 cm³/mol. The minimum absolute atomic E-state index is 0.0220. The largest absolute Gasteiger partial charge is 0.381 e. The van der Waals surface area contributed by atoms with Crippen LogP contribution in [0.3, 0.4) is 0 Å². The van der Waals surface area contributed by atoms with Gasteiger partial charge in [-0.25, -0.2) is 9.97 Å². The van der Waals surface area contributed by atoms with Crippen molar-refractivity contribution in [1.82, 2.24) is 15.3 Å². The van der Waals surface area contributed by atoms with Crippen LogP contribution in [0.2, 0.25) is 0 Å². The van der Waals surface area contributed by atoms with Gasteiger partial charge in [-0.2, -0.15) is 0 Å². The summed E-state index contributed by atoms with van der Waals surface area (Å²) in [7, 11) is 0. The van der Waals surface area contributed by atoms with Crippen LogP contribution in [0.25, 0.3) is 0 Å². The van der Waals surface area contributed by atoms with Crippen LogP contribution in [0.5, 0.6) is 0 Å². The second-order valence-corrected chi connectivity index (χ2v) is 5.32. The first kappa shape index (κ1) is 13.4. The van der Waals surface area contributed by atoms with E-state index >= 15 is 0 Å². The van der Waals surface area contributed by atoms with Gasteiger partial charge in [0.15, 0.2) is 0 Å². The summed E-state index contributed by atoms with van der Waals surface area (Å²) < 4.78 is 6.13. The Hall–Kier alpha value is -1.01. The molecule has 0 aliphatic carbocycles. The highest BCUT2D eigenvalue weighted by Gasteiger charge is 2.23. The van der Waals surface area contributed by atoms with Gasteiger partial charge in [0.05, 0.1) is 23.0 Å². The molecule has 1 fully saturated rings. The first-order valence-electron chi connectivity index (χ1n) is 6.02. The van der Waals surface area contributed by atoms with Gasteiger partial charge in [0.25, 0.3) is 0 Å². The summed E-state index contributed by atoms with van der Waals surface area (Å²) in [5.74, 6) is 0.591. The lowest BCUT2D eigenvalue weighted by Crippen LogP contribution is -2.37. The molecule has 2 atom stereocenters. The molecule has 2 rings (SSSR count). The van der Waals surface area contributed by atoms with Gasteiger partial charge in [-0.3, -0.25) is 4.79 Å². The fourth-order valence-electron chi connectivity index (χ4n) is 1.89. The van der Waals surface area contributed by atoms with Crippen LogP contribution in [-0.2, 0) is 9.53 Å². The van der Waals surface area contributed by atoms with Gasteiger partial charge in [0, 0.05) is 19.0 Å². The number of carbonyl (C=O) groups is 1. The lowest BCUT2D eigenvalue weighted by molar-refractivity contribution is -0.129. The van der Waals surface area contributed by atoms with Gasteiger partial charge in [0.1, 0.15) is 5.82 Å². The smallest absolute Gasteiger partial charge is 0.226 e. The van der Waals surface area contributed by atoms with Crippen molar-refractivity contribution >= 4 is 21.8 Å². The molecule has 2 heterocycles. The zero-order valence-corrected chi connectivity index (χ0v) is 11.8. The molecule has 0 saturated carbocycles. The van der Waals surface area contributed by atoms with Crippen LogP contribution in [0.15, 0.2) is 16.9 Å². The molecule has 0 spiro atoms. The van der Waals surface area contributed by atoms with Crippen molar-refractivity contribution in [3.8, 4) is 0 Å². The molecule has 5 nitrogen and oxygen atoms in total. The van der Waals surface area contributed by atoms with E-state index in [-0.39, 0.29) is 17.9 Å². The molecule has 98 valence electrons. The summed E-state index contributed by atoms with van der Waals surface area (Å²) in [5, 5.41) is 2.93. The molecule has 1 amide bonds. The molecular weight excluding hydrogens is 298 g/mol. The number of ether oxygens (including phenoxy) is 1. The van der Waals surface area contributed by atoms with E-state index in [1.165, 1.54) is 0 Å². The number of rotatable bonds is 3. The van der Waals surface area contributed by atoms with Crippen LogP contribution < -0.4 is 5.32 Å². The average molecular weight is 314 g/mol. The number of nitrogens with zero attached hydrogens (tertiary/aromatic N) is 2. The lowest BCUT2D eigenvalue weighted by Gasteiger charge is -2.23. The Kier molecular flexibility index (Phi) is 4.66. The zero-order chi connectivity index (χ0) is 13.0. The normalized spacial score (nSPS) is 21.3. The Morgan fingerprint density at radius 3 is 2.89 bits per heavy atom. The Labute approximate surface area is 114 Å². The minimum Gasteiger partial charge on any atom is -0.381 e. The van der Waals surface area contributed by atoms with Crippen LogP contribution in [0.1, 0.15) is 31.6 Å². The third-order valence-corrected chi connectivity index (χ3v) is 3.33. The molecule has 2 unspecified atom stereocenters. The molecule has 1 saturated heterocycles. The highest BCUT2D eigenvalue weighted by molar-refractivity contribution is 9.10. The van der Waals surface area contributed by atoms with Crippen molar-refractivity contribution in [3.63, 3.8) is 0 Å². The fourth-order valence-corrected chi connectivity index (χ4v) is 2.09. The monoisotopic (exact) mass is 313 g/mol. The summed E-state index contributed by atoms with van der Waals surface area (Å²) in [6.45, 7) is 3.15. The summed E-state index contributed by atoms with van der Waals surface area (Å²) >= 11 is 3.28. The van der Waals surface area contributed by atoms with Crippen molar-refractivity contribution in [1.29, 1.82) is 0 Å². The molecule has 1 aliphatic heterocycles. The Bertz CT molecular complexity index is 404. The van der Waals surface area contributed by atoms with Gasteiger partial charge in [0.2, 0.25) is 5.91 Å². The molecular formula is C12H16BrN3O2. The molecule has 0 aromatic carbocycles. The van der Waals surface area contributed by atoms with Crippen molar-refractivity contribution in [2.75, 3.05) is 13.2 Å². The van der Waals surface area contributed by atoms with E-state index in [0.717, 1.165) is 23.9 Å². The number of halogens is 1. The summed E-state index contributed by atoms with van der Waals surface area (Å²) in [4.78, 5) is 20.3. The van der Waals surface area contributed by atoms with Crippen LogP contribution in [-0.4, -0.2) is 29.1 Å². The van der Waals surface area contributed by atoms with Crippen LogP contribution >= 0.6 is 15.9 Å². The van der Waals surface area contributed by atoms with Gasteiger partial charge >= 0.3 is 0 Å². The third kappa shape index (κ3) is 3.49. The van der Waals surface area contributed by atoms with Crippen molar-refractivity contribution < 1.29 is 9.53 Å². The average Bonchev–Trinajstić information content (AvgIpc) is 2.40. The molecule has 1 aromatic heterocycles. The number of hydrogen-bond acceptors (Lipinski definition) is 4. The molecule has 1 N–H and O–H groups in total. The number of hydrogen-bond donors (Lipinski definition) is 1. The third-order valence-electron chi connectivity index (χ3n) is 2.92. The zero-order valence-electron chi connectivity index (χ0n) is 10.2. The molecule has 0 radical (unpaired) electrons. The summed E-state index contributed by atoms with van der Waals surface area (Å²) in [6.07, 6.45) is 5.18. The van der Waals surface area contributed by atoms with Gasteiger partial charge in [-0.05, 0) is 35.7 Å². The molecule has 0 bridgehead atoms. The maximum absolute atomic E-state index is 12.0. The van der Waals surface area contributed by atoms with Crippen molar-refractivity contribution in [2.24, 2.45) is 5.92 Å². The first-order chi connectivity index (χ1) is 8.66. The Morgan fingerprint density at radius 1 is 1.56 bits per heavy atom. The maximum Gasteiger partial charge on any atom is 0.226 e. The van der Waals surface area contributed by atoms with Gasteiger partial charge < -0.3 is 10.1 Å². The van der Waals surface area contributed by atoms with E-state index in [1.807, 2.05) is 6.92 Å². The van der Waals surface area contributed by atoms with E-state index < -0.39 is 0 Å². The quantitative estimate of drug-likeness (QED) is 0.925. The lowest BCUT2D eigenvalue weighted by atomic mass is 10.0. The first-order valence-corrected chi connectivity index (χ1v) is 6.81. The second kappa shape index (κ2) is 6.24. The number of aromatic nitrogens is 2. The van der Waals surface area contributed by atoms with Gasteiger partial charge in [-0.15, -0.1) is 0 Å². The highest BCUT2D eigenvalue weighted by atomic mass is 79.9. The van der Waals surface area contributed by atoms with Crippen molar-refractivity contribution in [3.05, 3.63) is 22.7 Å². The van der Waals surface area contributed by atoms with E-state index in [2.05, 4.69) is 31.2 Å². The van der Waals surface area contributed by atoms with Gasteiger partial charge in [-0.1, -0.05) is 0 Å². The summed E-state index contributed by atoms with van der Waals surface area (Å²) in [5.41, 5.74) is 0. The van der Waals surface area contributed by atoms with Crippen LogP contribution in [0, 0.1) is 5.92 Å². The van der Waals surface area contributed by atoms with E-state index in [1.54, 1.807) is 12.4 Å². The minimum atomic E-state index is -0.187. The van der Waals surface area contributed by atoms with E-state index in [0.29, 0.717) is 12.4 Å². The van der Waals surface area contributed by atoms with E-state index in [4.69, 9.17) is 4.74 Å². The topological polar surface area (TPSA) is 64.1 Å². The highest BCUT2D eigenvalue weighted by Crippen LogP contribution is 2.16. The molecule has 6 heteroatoms.